The van der Waals surface area contributed by atoms with Gasteiger partial charge in [0.15, 0.2) is 0 Å². The minimum atomic E-state index is -0.426. The monoisotopic (exact) mass is 445 g/mol. The molecule has 1 fully saturated rings. The van der Waals surface area contributed by atoms with E-state index in [1.807, 2.05) is 26.0 Å². The Morgan fingerprint density at radius 1 is 1.26 bits per heavy atom. The zero-order chi connectivity index (χ0) is 22.5. The van der Waals surface area contributed by atoms with E-state index in [0.717, 1.165) is 55.8 Å². The van der Waals surface area contributed by atoms with Gasteiger partial charge in [-0.3, -0.25) is 9.59 Å². The summed E-state index contributed by atoms with van der Waals surface area (Å²) in [4.78, 5) is 31.7. The number of amides is 2. The molecule has 1 unspecified atom stereocenters. The molecular formula is C24H32ClN3O3. The number of carbonyl (C=O) groups excluding carboxylic acids is 2. The first kappa shape index (κ1) is 23.5. The van der Waals surface area contributed by atoms with Gasteiger partial charge in [-0.05, 0) is 63.8 Å². The Hall–Kier alpha value is -2.18. The van der Waals surface area contributed by atoms with Crippen molar-refractivity contribution in [2.45, 2.75) is 53.0 Å². The van der Waals surface area contributed by atoms with Crippen LogP contribution in [0.1, 0.15) is 56.0 Å². The van der Waals surface area contributed by atoms with Gasteiger partial charge in [-0.25, -0.2) is 4.99 Å². The molecule has 0 bridgehead atoms. The van der Waals surface area contributed by atoms with Crippen molar-refractivity contribution in [1.82, 2.24) is 5.32 Å². The Bertz CT molecular complexity index is 904. The third-order valence-corrected chi connectivity index (χ3v) is 6.25. The minimum absolute atomic E-state index is 0.213. The van der Waals surface area contributed by atoms with Crippen LogP contribution in [0.2, 0.25) is 5.02 Å². The van der Waals surface area contributed by atoms with Gasteiger partial charge in [0.05, 0.1) is 5.92 Å². The molecule has 1 saturated heterocycles. The quantitative estimate of drug-likeness (QED) is 0.677. The van der Waals surface area contributed by atoms with Crippen LogP contribution >= 0.6 is 11.6 Å². The van der Waals surface area contributed by atoms with Gasteiger partial charge < -0.3 is 15.0 Å². The van der Waals surface area contributed by atoms with E-state index in [9.17, 15) is 9.59 Å². The topological polar surface area (TPSA) is 71.0 Å². The van der Waals surface area contributed by atoms with Crippen LogP contribution in [0.5, 0.6) is 0 Å². The molecule has 2 heterocycles. The summed E-state index contributed by atoms with van der Waals surface area (Å²) in [5.41, 5.74) is 4.05. The Labute approximate surface area is 189 Å². The predicted octanol–water partition coefficient (Wildman–Crippen LogP) is 4.34. The summed E-state index contributed by atoms with van der Waals surface area (Å²) in [6.45, 7) is 10.4. The van der Waals surface area contributed by atoms with E-state index in [1.54, 1.807) is 13.0 Å². The number of aliphatic imine (C=N–C) groups is 1. The second-order valence-electron chi connectivity index (χ2n) is 8.38. The zero-order valence-electron chi connectivity index (χ0n) is 18.8. The molecule has 0 saturated carbocycles. The molecule has 2 aliphatic rings. The smallest absolute Gasteiger partial charge is 0.254 e. The van der Waals surface area contributed by atoms with E-state index >= 15 is 0 Å². The standard InChI is InChI=1S/C24H32ClN3O3/c1-5-8-28(19-6-9-31-10-7-19)22-13-18(25)12-20(17(22)4)23(29)26-14-21-15(2)11-16(3)27-24(21)30/h11-13,19,21H,5-10,14H2,1-4H3,(H,26,29). The van der Waals surface area contributed by atoms with Crippen LogP contribution in [0.25, 0.3) is 0 Å². The second kappa shape index (κ2) is 10.4. The van der Waals surface area contributed by atoms with Gasteiger partial charge in [-0.2, -0.15) is 0 Å². The third-order valence-electron chi connectivity index (χ3n) is 6.03. The summed E-state index contributed by atoms with van der Waals surface area (Å²) in [5.74, 6) is -0.864. The molecule has 0 radical (unpaired) electrons. The zero-order valence-corrected chi connectivity index (χ0v) is 19.6. The Morgan fingerprint density at radius 2 is 1.97 bits per heavy atom. The molecule has 3 rings (SSSR count). The molecule has 1 atom stereocenters. The first-order chi connectivity index (χ1) is 14.8. The number of nitrogens with zero attached hydrogens (tertiary/aromatic N) is 2. The first-order valence-electron chi connectivity index (χ1n) is 11.0. The van der Waals surface area contributed by atoms with Crippen LogP contribution in [-0.2, 0) is 9.53 Å². The number of halogens is 1. The van der Waals surface area contributed by atoms with Crippen LogP contribution in [0.15, 0.2) is 28.8 Å². The number of anilines is 1. The lowest BCUT2D eigenvalue weighted by Crippen LogP contribution is -2.41. The summed E-state index contributed by atoms with van der Waals surface area (Å²) in [5, 5.41) is 3.45. The number of nitrogens with one attached hydrogen (secondary N) is 1. The van der Waals surface area contributed by atoms with Crippen molar-refractivity contribution in [2.24, 2.45) is 10.9 Å². The summed E-state index contributed by atoms with van der Waals surface area (Å²) >= 11 is 6.45. The Morgan fingerprint density at radius 3 is 2.61 bits per heavy atom. The van der Waals surface area contributed by atoms with Crippen LogP contribution in [0.4, 0.5) is 5.69 Å². The highest BCUT2D eigenvalue weighted by atomic mass is 35.5. The highest BCUT2D eigenvalue weighted by Crippen LogP contribution is 2.32. The largest absolute Gasteiger partial charge is 0.381 e. The molecule has 2 amide bonds. The van der Waals surface area contributed by atoms with Crippen molar-refractivity contribution < 1.29 is 14.3 Å². The summed E-state index contributed by atoms with van der Waals surface area (Å²) in [6, 6.07) is 4.03. The number of allylic oxidation sites excluding steroid dienone is 1. The van der Waals surface area contributed by atoms with E-state index in [1.165, 1.54) is 0 Å². The first-order valence-corrected chi connectivity index (χ1v) is 11.4. The average molecular weight is 446 g/mol. The minimum Gasteiger partial charge on any atom is -0.381 e. The molecule has 1 aromatic carbocycles. The average Bonchev–Trinajstić information content (AvgIpc) is 2.73. The second-order valence-corrected chi connectivity index (χ2v) is 8.81. The molecule has 168 valence electrons. The van der Waals surface area contributed by atoms with Gasteiger partial charge in [-0.1, -0.05) is 24.1 Å². The maximum atomic E-state index is 13.1. The van der Waals surface area contributed by atoms with Gasteiger partial charge in [0, 0.05) is 54.3 Å². The normalized spacial score (nSPS) is 19.6. The van der Waals surface area contributed by atoms with E-state index in [0.29, 0.717) is 22.3 Å². The molecule has 2 aliphatic heterocycles. The molecule has 0 aliphatic carbocycles. The number of carbonyl (C=O) groups is 2. The SMILES string of the molecule is CCCN(c1cc(Cl)cc(C(=O)NCC2C(=O)N=C(C)C=C2C)c1C)C1CCOCC1. The van der Waals surface area contributed by atoms with Crippen LogP contribution in [0, 0.1) is 12.8 Å². The van der Waals surface area contributed by atoms with Gasteiger partial charge >= 0.3 is 0 Å². The highest BCUT2D eigenvalue weighted by molar-refractivity contribution is 6.31. The third kappa shape index (κ3) is 5.55. The summed E-state index contributed by atoms with van der Waals surface area (Å²) in [7, 11) is 0. The van der Waals surface area contributed by atoms with Crippen molar-refractivity contribution in [3.05, 3.63) is 39.9 Å². The molecule has 1 N–H and O–H groups in total. The van der Waals surface area contributed by atoms with E-state index < -0.39 is 5.92 Å². The number of rotatable bonds is 7. The van der Waals surface area contributed by atoms with Gasteiger partial charge in [0.1, 0.15) is 0 Å². The fourth-order valence-electron chi connectivity index (χ4n) is 4.38. The molecular weight excluding hydrogens is 414 g/mol. The number of hydrogen-bond acceptors (Lipinski definition) is 4. The van der Waals surface area contributed by atoms with Crippen LogP contribution in [-0.4, -0.2) is 49.9 Å². The van der Waals surface area contributed by atoms with Crippen molar-refractivity contribution in [3.8, 4) is 0 Å². The summed E-state index contributed by atoms with van der Waals surface area (Å²) in [6.07, 6.45) is 4.81. The van der Waals surface area contributed by atoms with Crippen molar-refractivity contribution in [1.29, 1.82) is 0 Å². The highest BCUT2D eigenvalue weighted by Gasteiger charge is 2.27. The van der Waals surface area contributed by atoms with E-state index in [4.69, 9.17) is 16.3 Å². The fraction of sp³-hybridized carbons (Fsp3) is 0.542. The van der Waals surface area contributed by atoms with Crippen molar-refractivity contribution in [2.75, 3.05) is 31.2 Å². The molecule has 1 aromatic rings. The molecule has 0 spiro atoms. The number of dihydropyridines is 1. The van der Waals surface area contributed by atoms with Gasteiger partial charge in [0.25, 0.3) is 11.8 Å². The van der Waals surface area contributed by atoms with Crippen molar-refractivity contribution in [3.63, 3.8) is 0 Å². The molecule has 7 heteroatoms. The van der Waals surface area contributed by atoms with E-state index in [2.05, 4.69) is 22.1 Å². The van der Waals surface area contributed by atoms with Crippen molar-refractivity contribution >= 4 is 34.8 Å². The fourth-order valence-corrected chi connectivity index (χ4v) is 4.60. The van der Waals surface area contributed by atoms with E-state index in [-0.39, 0.29) is 18.4 Å². The lowest BCUT2D eigenvalue weighted by molar-refractivity contribution is -0.120. The van der Waals surface area contributed by atoms with Gasteiger partial charge in [0.2, 0.25) is 0 Å². The molecule has 6 nitrogen and oxygen atoms in total. The summed E-state index contributed by atoms with van der Waals surface area (Å²) < 4.78 is 5.54. The lowest BCUT2D eigenvalue weighted by atomic mass is 9.95. The lowest BCUT2D eigenvalue weighted by Gasteiger charge is -2.37. The van der Waals surface area contributed by atoms with Gasteiger partial charge in [-0.15, -0.1) is 0 Å². The molecule has 0 aromatic heterocycles. The predicted molar refractivity (Wildman–Crippen MR) is 125 cm³/mol. The number of ether oxygens (including phenoxy) is 1. The Kier molecular flexibility index (Phi) is 7.89. The molecule has 31 heavy (non-hydrogen) atoms. The van der Waals surface area contributed by atoms with Crippen LogP contribution in [0.3, 0.4) is 0 Å². The maximum Gasteiger partial charge on any atom is 0.254 e. The number of benzene rings is 1. The number of hydrogen-bond donors (Lipinski definition) is 1. The van der Waals surface area contributed by atoms with Crippen LogP contribution < -0.4 is 10.2 Å². The Balaban J connectivity index is 1.81. The maximum absolute atomic E-state index is 13.1.